The van der Waals surface area contributed by atoms with Crippen molar-refractivity contribution in [1.82, 2.24) is 0 Å². The number of carbonyl (C=O) groups excluding carboxylic acids is 7. The Morgan fingerprint density at radius 2 is 0.745 bits per heavy atom. The fourth-order valence-electron chi connectivity index (χ4n) is 5.17. The summed E-state index contributed by atoms with van der Waals surface area (Å²) in [6.45, 7) is 3.68. The van der Waals surface area contributed by atoms with E-state index in [2.05, 4.69) is 16.4 Å². The van der Waals surface area contributed by atoms with E-state index in [0.717, 1.165) is 59.8 Å². The third-order valence-corrected chi connectivity index (χ3v) is 7.78. The van der Waals surface area contributed by atoms with Gasteiger partial charge in [-0.05, 0) is 6.42 Å². The molecule has 0 aliphatic rings. The maximum absolute atomic E-state index is 13.1. The summed E-state index contributed by atoms with van der Waals surface area (Å²) < 4.78 is 34.0. The fourth-order valence-corrected chi connectivity index (χ4v) is 5.17. The first kappa shape index (κ1) is 50.2. The lowest BCUT2D eigenvalue weighted by atomic mass is 10.0. The monoisotopic (exact) mass is 790 g/mol. The molecule has 0 heterocycles. The van der Waals surface area contributed by atoms with Gasteiger partial charge in [0, 0.05) is 34.1 Å². The van der Waals surface area contributed by atoms with Crippen molar-refractivity contribution in [3.63, 3.8) is 0 Å². The van der Waals surface area contributed by atoms with Gasteiger partial charge in [-0.3, -0.25) is 24.0 Å². The van der Waals surface area contributed by atoms with Crippen LogP contribution in [0.1, 0.15) is 137 Å². The van der Waals surface area contributed by atoms with Crippen LogP contribution in [0, 0.1) is 0 Å². The zero-order valence-corrected chi connectivity index (χ0v) is 32.5. The van der Waals surface area contributed by atoms with Gasteiger partial charge in [-0.15, -0.1) is 0 Å². The first-order valence-electron chi connectivity index (χ1n) is 18.7. The molecular weight excluding hydrogens is 732 g/mol. The largest absolute Gasteiger partial charge is 0.478 e. The van der Waals surface area contributed by atoms with E-state index in [9.17, 15) is 53.4 Å². The molecule has 0 bridgehead atoms. The van der Waals surface area contributed by atoms with Crippen molar-refractivity contribution in [2.24, 2.45) is 0 Å². The van der Waals surface area contributed by atoms with Crippen LogP contribution >= 0.6 is 0 Å². The minimum atomic E-state index is -2.38. The van der Waals surface area contributed by atoms with Crippen molar-refractivity contribution in [3.05, 3.63) is 0 Å². The smallest absolute Gasteiger partial charge is 0.352 e. The molecule has 314 valence electrons. The van der Waals surface area contributed by atoms with Crippen LogP contribution in [0.15, 0.2) is 0 Å². The fraction of sp³-hybridized carbons (Fsp3) is 0.757. The predicted molar refractivity (Wildman–Crippen MR) is 189 cm³/mol. The molecule has 0 aromatic heterocycles. The van der Waals surface area contributed by atoms with Gasteiger partial charge in [-0.2, -0.15) is 0 Å². The van der Waals surface area contributed by atoms with Crippen LogP contribution in [0.4, 0.5) is 0 Å². The molecule has 0 saturated carbocycles. The molecule has 0 saturated heterocycles. The quantitative estimate of drug-likeness (QED) is 0.0568. The van der Waals surface area contributed by atoms with E-state index >= 15 is 0 Å². The summed E-state index contributed by atoms with van der Waals surface area (Å²) in [4.78, 5) is 108. The molecular formula is C37H58O18. The molecule has 18 nitrogen and oxygen atoms in total. The molecule has 0 amide bonds. The van der Waals surface area contributed by atoms with Crippen LogP contribution in [0.5, 0.6) is 0 Å². The third kappa shape index (κ3) is 25.0. The molecule has 5 atom stereocenters. The van der Waals surface area contributed by atoms with E-state index in [1.165, 1.54) is 57.8 Å². The summed E-state index contributed by atoms with van der Waals surface area (Å²) in [7, 11) is 0. The molecule has 0 fully saturated rings. The topological polar surface area (TPSA) is 259 Å². The minimum Gasteiger partial charge on any atom is -0.478 e. The Kier molecular flexibility index (Phi) is 27.0. The Bertz CT molecular complexity index is 1250. The maximum Gasteiger partial charge on any atom is 0.352 e. The standard InChI is InChI=1S/C37H58O18/c1-6-7-8-9-10-11-12-13-14-15-16-17-18-19-20-21-29(42)49-22-28(55-37(48)33(54-27(5)41)31(35(45)46)52-25(3)39)23-50-36(47)32(53-26(4)40)30(34(43)44)51-24(2)38/h28,30-33H,6-23H2,1-5H3,(H,43,44)(H,45,46). The lowest BCUT2D eigenvalue weighted by Crippen LogP contribution is -2.48. The van der Waals surface area contributed by atoms with E-state index in [0.29, 0.717) is 6.42 Å². The summed E-state index contributed by atoms with van der Waals surface area (Å²) in [6, 6.07) is 0. The highest BCUT2D eigenvalue weighted by Gasteiger charge is 2.43. The predicted octanol–water partition coefficient (Wildman–Crippen LogP) is 4.14. The van der Waals surface area contributed by atoms with Crippen LogP contribution in [0.25, 0.3) is 0 Å². The summed E-state index contributed by atoms with van der Waals surface area (Å²) in [6.07, 6.45) is 5.60. The average Bonchev–Trinajstić information content (AvgIpc) is 3.09. The van der Waals surface area contributed by atoms with E-state index in [-0.39, 0.29) is 6.42 Å². The molecule has 0 rings (SSSR count). The SMILES string of the molecule is CCCCCCCCCCCCCCCCCC(=O)OCC(COC(=O)C(OC(C)=O)C(OC(C)=O)C(=O)O)OC(=O)C(OC(C)=O)C(OC(C)=O)C(=O)O. The highest BCUT2D eigenvalue weighted by atomic mass is 16.7. The van der Waals surface area contributed by atoms with Crippen LogP contribution in [0.2, 0.25) is 0 Å². The molecule has 55 heavy (non-hydrogen) atoms. The van der Waals surface area contributed by atoms with Gasteiger partial charge >= 0.3 is 53.7 Å². The van der Waals surface area contributed by atoms with E-state index in [1.807, 2.05) is 0 Å². The summed E-state index contributed by atoms with van der Waals surface area (Å²) in [5, 5.41) is 19.0. The molecule has 18 heteroatoms. The first-order chi connectivity index (χ1) is 26.0. The van der Waals surface area contributed by atoms with Crippen LogP contribution in [-0.2, 0) is 76.3 Å². The molecule has 0 aliphatic carbocycles. The second kappa shape index (κ2) is 29.6. The summed E-state index contributed by atoms with van der Waals surface area (Å²) in [5.41, 5.74) is 0. The number of esters is 7. The van der Waals surface area contributed by atoms with Crippen LogP contribution in [0.3, 0.4) is 0 Å². The van der Waals surface area contributed by atoms with Crippen LogP contribution in [-0.4, -0.2) is 108 Å². The van der Waals surface area contributed by atoms with Gasteiger partial charge < -0.3 is 43.4 Å². The lowest BCUT2D eigenvalue weighted by molar-refractivity contribution is -0.197. The van der Waals surface area contributed by atoms with Crippen molar-refractivity contribution >= 4 is 53.7 Å². The van der Waals surface area contributed by atoms with Gasteiger partial charge in [0.05, 0.1) is 0 Å². The van der Waals surface area contributed by atoms with E-state index in [1.54, 1.807) is 0 Å². The van der Waals surface area contributed by atoms with E-state index < -0.39 is 97.5 Å². The number of hydrogen-bond donors (Lipinski definition) is 2. The number of carbonyl (C=O) groups is 9. The molecule has 2 N–H and O–H groups in total. The highest BCUT2D eigenvalue weighted by Crippen LogP contribution is 2.16. The Balaban J connectivity index is 5.44. The van der Waals surface area contributed by atoms with Crippen molar-refractivity contribution in [2.75, 3.05) is 13.2 Å². The highest BCUT2D eigenvalue weighted by molar-refractivity contribution is 5.89. The number of aliphatic carboxylic acids is 2. The number of carboxylic acids is 2. The van der Waals surface area contributed by atoms with Crippen molar-refractivity contribution in [2.45, 2.75) is 168 Å². The van der Waals surface area contributed by atoms with Gasteiger partial charge in [-0.25, -0.2) is 19.2 Å². The molecule has 0 aromatic carbocycles. The zero-order valence-electron chi connectivity index (χ0n) is 32.5. The van der Waals surface area contributed by atoms with Gasteiger partial charge in [0.2, 0.25) is 24.4 Å². The van der Waals surface area contributed by atoms with Crippen molar-refractivity contribution in [3.8, 4) is 0 Å². The Hall–Kier alpha value is -4.77. The summed E-state index contributed by atoms with van der Waals surface area (Å²) >= 11 is 0. The number of ether oxygens (including phenoxy) is 7. The Morgan fingerprint density at radius 1 is 0.418 bits per heavy atom. The molecule has 0 aromatic rings. The Labute approximate surface area is 321 Å². The zero-order chi connectivity index (χ0) is 41.8. The van der Waals surface area contributed by atoms with Gasteiger partial charge in [-0.1, -0.05) is 96.8 Å². The minimum absolute atomic E-state index is 0.0282. The van der Waals surface area contributed by atoms with Gasteiger partial charge in [0.1, 0.15) is 13.2 Å². The maximum atomic E-state index is 13.1. The second-order valence-corrected chi connectivity index (χ2v) is 12.9. The average molecular weight is 791 g/mol. The number of rotatable bonds is 31. The number of hydrogen-bond acceptors (Lipinski definition) is 16. The molecule has 0 radical (unpaired) electrons. The number of carboxylic acid groups (broad SMARTS) is 2. The van der Waals surface area contributed by atoms with Gasteiger partial charge in [0.25, 0.3) is 0 Å². The van der Waals surface area contributed by atoms with Crippen molar-refractivity contribution in [1.29, 1.82) is 0 Å². The van der Waals surface area contributed by atoms with E-state index in [4.69, 9.17) is 23.7 Å². The van der Waals surface area contributed by atoms with Crippen molar-refractivity contribution < 1.29 is 86.5 Å². The summed E-state index contributed by atoms with van der Waals surface area (Å²) in [5.74, 6) is -12.4. The molecule has 0 spiro atoms. The third-order valence-electron chi connectivity index (χ3n) is 7.78. The second-order valence-electron chi connectivity index (χ2n) is 12.9. The molecule has 0 aliphatic heterocycles. The Morgan fingerprint density at radius 3 is 1.11 bits per heavy atom. The van der Waals surface area contributed by atoms with Gasteiger partial charge in [0.15, 0.2) is 6.10 Å². The first-order valence-corrected chi connectivity index (χ1v) is 18.7. The lowest BCUT2D eigenvalue weighted by Gasteiger charge is -2.25. The number of unbranched alkanes of at least 4 members (excludes halogenated alkanes) is 14. The normalized spacial score (nSPS) is 13.5. The molecule has 5 unspecified atom stereocenters. The van der Waals surface area contributed by atoms with Crippen LogP contribution < -0.4 is 0 Å².